The van der Waals surface area contributed by atoms with E-state index >= 15 is 0 Å². The topological polar surface area (TPSA) is 146 Å². The minimum Gasteiger partial charge on any atom is -0.282 e. The predicted molar refractivity (Wildman–Crippen MR) is 103 cm³/mol. The van der Waals surface area contributed by atoms with Gasteiger partial charge in [-0.3, -0.25) is 14.1 Å². The molecule has 0 fully saturated rings. The molecule has 0 unspecified atom stereocenters. The van der Waals surface area contributed by atoms with Gasteiger partial charge in [-0.1, -0.05) is 12.1 Å². The Balaban J connectivity index is 2.15. The highest BCUT2D eigenvalue weighted by molar-refractivity contribution is 7.86. The van der Waals surface area contributed by atoms with Crippen molar-refractivity contribution in [1.29, 1.82) is 0 Å². The molecule has 0 aliphatic heterocycles. The molecule has 0 radical (unpaired) electrons. The molecule has 3 aromatic carbocycles. The van der Waals surface area contributed by atoms with Crippen LogP contribution >= 0.6 is 0 Å². The zero-order chi connectivity index (χ0) is 20.5. The molecule has 3 aromatic rings. The molecule has 144 valence electrons. The van der Waals surface area contributed by atoms with Gasteiger partial charge >= 0.3 is 0 Å². The first-order valence-corrected chi connectivity index (χ1v) is 10.5. The molecule has 0 amide bonds. The Hall–Kier alpha value is -2.99. The van der Waals surface area contributed by atoms with Gasteiger partial charge in [0.25, 0.3) is 20.2 Å². The minimum absolute atomic E-state index is 0.153. The summed E-state index contributed by atoms with van der Waals surface area (Å²) in [5.41, 5.74) is 0.884. The fraction of sp³-hybridized carbons (Fsp3) is 0. The third-order valence-electron chi connectivity index (χ3n) is 3.80. The summed E-state index contributed by atoms with van der Waals surface area (Å²) in [6, 6.07) is 12.2. The van der Waals surface area contributed by atoms with E-state index in [9.17, 15) is 21.4 Å². The van der Waals surface area contributed by atoms with E-state index in [0.29, 0.717) is 16.5 Å². The monoisotopic (exact) mass is 419 g/mol. The summed E-state index contributed by atoms with van der Waals surface area (Å²) < 4.78 is 63.7. The summed E-state index contributed by atoms with van der Waals surface area (Å²) in [7, 11) is -8.82. The number of rotatable bonds is 5. The highest BCUT2D eigenvalue weighted by Gasteiger charge is 2.14. The normalized spacial score (nSPS) is 12.5. The highest BCUT2D eigenvalue weighted by atomic mass is 32.2. The van der Waals surface area contributed by atoms with Crippen LogP contribution in [0.2, 0.25) is 0 Å². The molecular weight excluding hydrogens is 406 g/mol. The summed E-state index contributed by atoms with van der Waals surface area (Å²) in [6.07, 6.45) is 0. The van der Waals surface area contributed by atoms with Gasteiger partial charge in [0.15, 0.2) is 0 Å². The molecule has 3 rings (SSSR count). The molecule has 0 bridgehead atoms. The Kier molecular flexibility index (Phi) is 5.08. The lowest BCUT2D eigenvalue weighted by Gasteiger charge is -2.06. The van der Waals surface area contributed by atoms with Gasteiger partial charge in [0.2, 0.25) is 0 Å². The zero-order valence-electron chi connectivity index (χ0n) is 14.1. The number of aliphatic imine (C=N–C) groups is 1. The van der Waals surface area contributed by atoms with E-state index in [1.807, 2.05) is 0 Å². The van der Waals surface area contributed by atoms with Crippen LogP contribution in [0.1, 0.15) is 0 Å². The standard InChI is InChI=1S/C17H13N3O6S2/c1-18-16-7-8-17(15-10-13(28(24,25)26)5-6-14(15)16)20-19-11-3-2-4-12(9-11)27(21,22)23/h2-10H,1H2,(H,21,22,23)(H,24,25,26). The minimum atomic E-state index is -4.43. The van der Waals surface area contributed by atoms with Crippen LogP contribution in [-0.4, -0.2) is 32.7 Å². The van der Waals surface area contributed by atoms with Gasteiger partial charge in [-0.05, 0) is 49.2 Å². The van der Waals surface area contributed by atoms with Crippen LogP contribution in [0, 0.1) is 0 Å². The summed E-state index contributed by atoms with van der Waals surface area (Å²) in [6.45, 7) is 3.46. The lowest BCUT2D eigenvalue weighted by molar-refractivity contribution is 0.481. The molecule has 9 nitrogen and oxygen atoms in total. The third kappa shape index (κ3) is 4.12. The molecule has 0 saturated carbocycles. The van der Waals surface area contributed by atoms with Crippen molar-refractivity contribution in [3.63, 3.8) is 0 Å². The van der Waals surface area contributed by atoms with E-state index < -0.39 is 20.2 Å². The number of hydrogen-bond acceptors (Lipinski definition) is 7. The van der Waals surface area contributed by atoms with Crippen molar-refractivity contribution in [2.75, 3.05) is 0 Å². The van der Waals surface area contributed by atoms with Gasteiger partial charge in [-0.25, -0.2) is 0 Å². The third-order valence-corrected chi connectivity index (χ3v) is 5.50. The molecule has 0 aliphatic carbocycles. The Labute approximate surface area is 160 Å². The number of fused-ring (bicyclic) bond motifs is 1. The van der Waals surface area contributed by atoms with E-state index in [1.54, 1.807) is 6.07 Å². The molecular formula is C17H13N3O6S2. The molecule has 28 heavy (non-hydrogen) atoms. The van der Waals surface area contributed by atoms with Gasteiger partial charge in [-0.2, -0.15) is 21.9 Å². The Morgan fingerprint density at radius 2 is 1.36 bits per heavy atom. The second-order valence-electron chi connectivity index (χ2n) is 5.62. The fourth-order valence-electron chi connectivity index (χ4n) is 2.50. The Bertz CT molecular complexity index is 1330. The van der Waals surface area contributed by atoms with Crippen LogP contribution in [0.15, 0.2) is 79.6 Å². The first-order valence-electron chi connectivity index (χ1n) is 7.60. The highest BCUT2D eigenvalue weighted by Crippen LogP contribution is 2.35. The Morgan fingerprint density at radius 1 is 0.714 bits per heavy atom. The maximum atomic E-state index is 11.4. The summed E-state index contributed by atoms with van der Waals surface area (Å²) in [5.74, 6) is 0. The van der Waals surface area contributed by atoms with E-state index in [2.05, 4.69) is 21.9 Å². The molecule has 0 aliphatic rings. The number of azo groups is 1. The summed E-state index contributed by atoms with van der Waals surface area (Å²) >= 11 is 0. The fourth-order valence-corrected chi connectivity index (χ4v) is 3.53. The van der Waals surface area contributed by atoms with Crippen molar-refractivity contribution in [2.45, 2.75) is 9.79 Å². The smallest absolute Gasteiger partial charge is 0.282 e. The van der Waals surface area contributed by atoms with E-state index in [0.717, 1.165) is 6.07 Å². The van der Waals surface area contributed by atoms with E-state index in [1.165, 1.54) is 42.5 Å². The van der Waals surface area contributed by atoms with Gasteiger partial charge in [-0.15, -0.1) is 5.11 Å². The van der Waals surface area contributed by atoms with Gasteiger partial charge in [0, 0.05) is 10.8 Å². The van der Waals surface area contributed by atoms with E-state index in [-0.39, 0.29) is 21.2 Å². The van der Waals surface area contributed by atoms with Crippen LogP contribution in [-0.2, 0) is 20.2 Å². The van der Waals surface area contributed by atoms with E-state index in [4.69, 9.17) is 4.55 Å². The first-order chi connectivity index (χ1) is 13.1. The Morgan fingerprint density at radius 3 is 2.00 bits per heavy atom. The summed E-state index contributed by atoms with van der Waals surface area (Å²) in [5, 5.41) is 8.85. The maximum Gasteiger partial charge on any atom is 0.294 e. The molecule has 0 atom stereocenters. The number of hydrogen-bond donors (Lipinski definition) is 2. The van der Waals surface area contributed by atoms with Crippen molar-refractivity contribution in [2.24, 2.45) is 15.2 Å². The average Bonchev–Trinajstić information content (AvgIpc) is 2.64. The van der Waals surface area contributed by atoms with Crippen molar-refractivity contribution >= 4 is 54.8 Å². The second kappa shape index (κ2) is 7.20. The predicted octanol–water partition coefficient (Wildman–Crippen LogP) is 4.08. The van der Waals surface area contributed by atoms with Crippen LogP contribution in [0.4, 0.5) is 17.1 Å². The van der Waals surface area contributed by atoms with Crippen LogP contribution < -0.4 is 0 Å². The van der Waals surface area contributed by atoms with Gasteiger partial charge in [0.1, 0.15) is 0 Å². The van der Waals surface area contributed by atoms with Crippen molar-refractivity contribution in [3.05, 3.63) is 54.6 Å². The molecule has 0 heterocycles. The molecule has 2 N–H and O–H groups in total. The first kappa shape index (κ1) is 19.8. The van der Waals surface area contributed by atoms with Crippen LogP contribution in [0.25, 0.3) is 10.8 Å². The number of benzene rings is 3. The quantitative estimate of drug-likeness (QED) is 0.362. The lowest BCUT2D eigenvalue weighted by atomic mass is 10.1. The van der Waals surface area contributed by atoms with Gasteiger partial charge in [0.05, 0.1) is 26.9 Å². The molecule has 11 heteroatoms. The van der Waals surface area contributed by atoms with Crippen LogP contribution in [0.3, 0.4) is 0 Å². The number of nitrogens with zero attached hydrogens (tertiary/aromatic N) is 3. The van der Waals surface area contributed by atoms with Crippen molar-refractivity contribution < 1.29 is 25.9 Å². The zero-order valence-corrected chi connectivity index (χ0v) is 15.7. The molecule has 0 spiro atoms. The average molecular weight is 419 g/mol. The SMILES string of the molecule is C=Nc1ccc(N=Nc2cccc(S(=O)(=O)O)c2)c2cc(S(=O)(=O)O)ccc12. The van der Waals surface area contributed by atoms with Gasteiger partial charge < -0.3 is 0 Å². The molecule has 0 saturated heterocycles. The van der Waals surface area contributed by atoms with Crippen LogP contribution in [0.5, 0.6) is 0 Å². The van der Waals surface area contributed by atoms with Crippen molar-refractivity contribution in [3.8, 4) is 0 Å². The maximum absolute atomic E-state index is 11.4. The van der Waals surface area contributed by atoms with Crippen molar-refractivity contribution in [1.82, 2.24) is 0 Å². The molecule has 0 aromatic heterocycles. The largest absolute Gasteiger partial charge is 0.294 e. The second-order valence-corrected chi connectivity index (χ2v) is 8.46. The summed E-state index contributed by atoms with van der Waals surface area (Å²) in [4.78, 5) is 3.19. The lowest BCUT2D eigenvalue weighted by Crippen LogP contribution is -1.97.